The molecule has 0 bridgehead atoms. The molecule has 0 atom stereocenters. The first-order valence-electron chi connectivity index (χ1n) is 2.76. The summed E-state index contributed by atoms with van der Waals surface area (Å²) in [5.74, 6) is 0. The van der Waals surface area contributed by atoms with Gasteiger partial charge in [0.1, 0.15) is 0 Å². The predicted molar refractivity (Wildman–Crippen MR) is 33.2 cm³/mol. The van der Waals surface area contributed by atoms with Crippen molar-refractivity contribution in [1.29, 1.82) is 0 Å². The Morgan fingerprint density at radius 3 is 2.50 bits per heavy atom. The number of methoxy groups -OCH3 is 1. The number of carbonyl (C=O) groups excluding carboxylic acids is 1. The van der Waals surface area contributed by atoms with Crippen molar-refractivity contribution < 1.29 is 19.5 Å². The first-order valence-corrected chi connectivity index (χ1v) is 2.76. The number of aliphatic hydroxyl groups is 1. The number of amides is 1. The van der Waals surface area contributed by atoms with Crippen LogP contribution in [-0.4, -0.2) is 43.6 Å². The first-order chi connectivity index (χ1) is 4.76. The highest BCUT2D eigenvalue weighted by Gasteiger charge is 2.10. The van der Waals surface area contributed by atoms with Gasteiger partial charge in [0.15, 0.2) is 0 Å². The van der Waals surface area contributed by atoms with Gasteiger partial charge in [-0.1, -0.05) is 0 Å². The second kappa shape index (κ2) is 5.01. The molecular weight excluding hydrogens is 138 g/mol. The Hall–Kier alpha value is -0.810. The number of rotatable bonds is 3. The largest absolute Gasteiger partial charge is 0.451 e. The lowest BCUT2D eigenvalue weighted by molar-refractivity contribution is -0.112. The lowest BCUT2D eigenvalue weighted by Gasteiger charge is -2.15. The quantitative estimate of drug-likeness (QED) is 0.555. The molecule has 60 valence electrons. The average Bonchev–Trinajstić information content (AvgIpc) is 1.99. The molecule has 0 saturated carbocycles. The van der Waals surface area contributed by atoms with Crippen LogP contribution in [0.25, 0.3) is 0 Å². The van der Waals surface area contributed by atoms with Crippen molar-refractivity contribution in [1.82, 2.24) is 5.06 Å². The topological polar surface area (TPSA) is 59.0 Å². The molecule has 10 heavy (non-hydrogen) atoms. The van der Waals surface area contributed by atoms with Gasteiger partial charge in [-0.05, 0) is 0 Å². The van der Waals surface area contributed by atoms with Crippen molar-refractivity contribution in [2.75, 3.05) is 27.4 Å². The normalized spacial score (nSPS) is 9.10. The molecule has 5 heteroatoms. The standard InChI is InChI=1S/C5H11NO4/c1-9-5(8)6(10-2)3-4-7/h7H,3-4H2,1-2H3. The van der Waals surface area contributed by atoms with E-state index in [0.29, 0.717) is 0 Å². The second-order valence-corrected chi connectivity index (χ2v) is 1.48. The van der Waals surface area contributed by atoms with Gasteiger partial charge in [0.05, 0.1) is 27.4 Å². The summed E-state index contributed by atoms with van der Waals surface area (Å²) in [7, 11) is 2.57. The number of carbonyl (C=O) groups is 1. The van der Waals surface area contributed by atoms with E-state index in [1.165, 1.54) is 14.2 Å². The van der Waals surface area contributed by atoms with Crippen LogP contribution in [0.15, 0.2) is 0 Å². The van der Waals surface area contributed by atoms with Gasteiger partial charge in [0.2, 0.25) is 0 Å². The molecule has 1 amide bonds. The van der Waals surface area contributed by atoms with Crippen molar-refractivity contribution in [2.24, 2.45) is 0 Å². The third-order valence-corrected chi connectivity index (χ3v) is 0.902. The zero-order valence-corrected chi connectivity index (χ0v) is 6.03. The highest BCUT2D eigenvalue weighted by molar-refractivity contribution is 5.65. The minimum Gasteiger partial charge on any atom is -0.451 e. The number of hydroxylamine groups is 2. The summed E-state index contributed by atoms with van der Waals surface area (Å²) in [5.41, 5.74) is 0. The lowest BCUT2D eigenvalue weighted by atomic mass is 10.7. The maximum absolute atomic E-state index is 10.6. The van der Waals surface area contributed by atoms with Crippen LogP contribution in [0, 0.1) is 0 Å². The van der Waals surface area contributed by atoms with E-state index in [-0.39, 0.29) is 13.2 Å². The molecular formula is C5H11NO4. The summed E-state index contributed by atoms with van der Waals surface area (Å²) in [6.07, 6.45) is -0.614. The summed E-state index contributed by atoms with van der Waals surface area (Å²) in [4.78, 5) is 15.1. The number of hydrogen-bond acceptors (Lipinski definition) is 4. The summed E-state index contributed by atoms with van der Waals surface area (Å²) in [6, 6.07) is 0. The van der Waals surface area contributed by atoms with Gasteiger partial charge in [-0.15, -0.1) is 0 Å². The molecule has 1 N–H and O–H groups in total. The van der Waals surface area contributed by atoms with Gasteiger partial charge >= 0.3 is 6.09 Å². The van der Waals surface area contributed by atoms with Crippen molar-refractivity contribution in [3.8, 4) is 0 Å². The summed E-state index contributed by atoms with van der Waals surface area (Å²) in [5, 5.41) is 9.30. The lowest BCUT2D eigenvalue weighted by Crippen LogP contribution is -2.32. The average molecular weight is 149 g/mol. The number of nitrogens with zero attached hydrogens (tertiary/aromatic N) is 1. The van der Waals surface area contributed by atoms with Gasteiger partial charge in [-0.25, -0.2) is 4.79 Å². The summed E-state index contributed by atoms with van der Waals surface area (Å²) >= 11 is 0. The summed E-state index contributed by atoms with van der Waals surface area (Å²) in [6.45, 7) is -0.0356. The van der Waals surface area contributed by atoms with E-state index in [4.69, 9.17) is 5.11 Å². The zero-order valence-electron chi connectivity index (χ0n) is 6.03. The van der Waals surface area contributed by atoms with Crippen LogP contribution >= 0.6 is 0 Å². The SMILES string of the molecule is COC(=O)N(CCO)OC. The van der Waals surface area contributed by atoms with Crippen LogP contribution in [-0.2, 0) is 9.57 Å². The van der Waals surface area contributed by atoms with Gasteiger partial charge < -0.3 is 9.84 Å². The van der Waals surface area contributed by atoms with Crippen LogP contribution in [0.4, 0.5) is 4.79 Å². The second-order valence-electron chi connectivity index (χ2n) is 1.48. The maximum Gasteiger partial charge on any atom is 0.433 e. The number of aliphatic hydroxyl groups excluding tert-OH is 1. The van der Waals surface area contributed by atoms with Crippen LogP contribution < -0.4 is 0 Å². The van der Waals surface area contributed by atoms with Crippen molar-refractivity contribution in [2.45, 2.75) is 0 Å². The Kier molecular flexibility index (Phi) is 4.61. The molecule has 0 aliphatic carbocycles. The zero-order chi connectivity index (χ0) is 7.98. The van der Waals surface area contributed by atoms with Gasteiger partial charge in [-0.3, -0.25) is 4.84 Å². The van der Waals surface area contributed by atoms with E-state index in [1.54, 1.807) is 0 Å². The monoisotopic (exact) mass is 149 g/mol. The van der Waals surface area contributed by atoms with Gasteiger partial charge in [0, 0.05) is 0 Å². The van der Waals surface area contributed by atoms with E-state index in [1.807, 2.05) is 0 Å². The maximum atomic E-state index is 10.6. The molecule has 0 aliphatic heterocycles. The molecule has 0 fully saturated rings. The smallest absolute Gasteiger partial charge is 0.433 e. The molecule has 0 aromatic rings. The minimum absolute atomic E-state index is 0.114. The van der Waals surface area contributed by atoms with Crippen LogP contribution in [0.2, 0.25) is 0 Å². The fourth-order valence-corrected chi connectivity index (χ4v) is 0.450. The van der Waals surface area contributed by atoms with Crippen LogP contribution in [0.3, 0.4) is 0 Å². The minimum atomic E-state index is -0.614. The van der Waals surface area contributed by atoms with E-state index in [0.717, 1.165) is 5.06 Å². The molecule has 0 radical (unpaired) electrons. The Balaban J connectivity index is 3.68. The highest BCUT2D eigenvalue weighted by atomic mass is 16.7. The Bertz CT molecular complexity index is 106. The highest BCUT2D eigenvalue weighted by Crippen LogP contribution is 1.90. The Morgan fingerprint density at radius 2 is 2.20 bits per heavy atom. The van der Waals surface area contributed by atoms with E-state index in [9.17, 15) is 4.79 Å². The third-order valence-electron chi connectivity index (χ3n) is 0.902. The van der Waals surface area contributed by atoms with Crippen LogP contribution in [0.5, 0.6) is 0 Å². The fourth-order valence-electron chi connectivity index (χ4n) is 0.450. The van der Waals surface area contributed by atoms with E-state index in [2.05, 4.69) is 9.57 Å². The number of hydrogen-bond donors (Lipinski definition) is 1. The van der Waals surface area contributed by atoms with Crippen molar-refractivity contribution in [3.05, 3.63) is 0 Å². The van der Waals surface area contributed by atoms with E-state index >= 15 is 0 Å². The molecule has 0 aromatic heterocycles. The van der Waals surface area contributed by atoms with E-state index < -0.39 is 6.09 Å². The third kappa shape index (κ3) is 2.65. The molecule has 0 aliphatic rings. The fraction of sp³-hybridized carbons (Fsp3) is 0.800. The summed E-state index contributed by atoms with van der Waals surface area (Å²) < 4.78 is 4.31. The Labute approximate surface area is 59.1 Å². The van der Waals surface area contributed by atoms with Crippen LogP contribution in [0.1, 0.15) is 0 Å². The molecule has 0 aromatic carbocycles. The number of ether oxygens (including phenoxy) is 1. The molecule has 0 heterocycles. The Morgan fingerprint density at radius 1 is 1.60 bits per heavy atom. The van der Waals surface area contributed by atoms with Gasteiger partial charge in [0.25, 0.3) is 0 Å². The molecule has 5 nitrogen and oxygen atoms in total. The molecule has 0 rings (SSSR count). The molecule has 0 unspecified atom stereocenters. The first kappa shape index (κ1) is 9.19. The van der Waals surface area contributed by atoms with Crippen molar-refractivity contribution >= 4 is 6.09 Å². The predicted octanol–water partition coefficient (Wildman–Crippen LogP) is -0.392. The van der Waals surface area contributed by atoms with Crippen molar-refractivity contribution in [3.63, 3.8) is 0 Å². The molecule has 0 saturated heterocycles. The van der Waals surface area contributed by atoms with Gasteiger partial charge in [-0.2, -0.15) is 5.06 Å². The molecule has 0 spiro atoms.